The van der Waals surface area contributed by atoms with Crippen LogP contribution in [0.4, 0.5) is 0 Å². The van der Waals surface area contributed by atoms with E-state index in [-0.39, 0.29) is 13.0 Å². The molecule has 0 bridgehead atoms. The van der Waals surface area contributed by atoms with Crippen LogP contribution in [0.1, 0.15) is 24.5 Å². The lowest BCUT2D eigenvalue weighted by atomic mass is 9.82. The number of carboxylic acid groups (broad SMARTS) is 1. The SMILES string of the molecule is CCOC(=O)C1(C(=O)O)CCc2ccccc21. The summed E-state index contributed by atoms with van der Waals surface area (Å²) < 4.78 is 4.93. The Bertz CT molecular complexity index is 466. The highest BCUT2D eigenvalue weighted by Crippen LogP contribution is 2.40. The number of ether oxygens (including phenoxy) is 1. The number of esters is 1. The number of benzene rings is 1. The average molecular weight is 234 g/mol. The first kappa shape index (κ1) is 11.6. The van der Waals surface area contributed by atoms with Crippen molar-refractivity contribution in [1.29, 1.82) is 0 Å². The smallest absolute Gasteiger partial charge is 0.328 e. The molecule has 4 nitrogen and oxygen atoms in total. The molecule has 1 unspecified atom stereocenters. The van der Waals surface area contributed by atoms with Gasteiger partial charge in [0.15, 0.2) is 5.41 Å². The Kier molecular flexibility index (Phi) is 2.88. The third-order valence-electron chi connectivity index (χ3n) is 3.24. The molecular weight excluding hydrogens is 220 g/mol. The van der Waals surface area contributed by atoms with Gasteiger partial charge in [0.25, 0.3) is 0 Å². The molecule has 1 atom stereocenters. The van der Waals surface area contributed by atoms with Crippen molar-refractivity contribution in [3.63, 3.8) is 0 Å². The quantitative estimate of drug-likeness (QED) is 0.636. The summed E-state index contributed by atoms with van der Waals surface area (Å²) in [6, 6.07) is 7.16. The van der Waals surface area contributed by atoms with Crippen molar-refractivity contribution >= 4 is 11.9 Å². The zero-order valence-corrected chi connectivity index (χ0v) is 9.60. The first-order chi connectivity index (χ1) is 8.13. The van der Waals surface area contributed by atoms with Crippen LogP contribution in [0.5, 0.6) is 0 Å². The number of hydrogen-bond acceptors (Lipinski definition) is 3. The van der Waals surface area contributed by atoms with Gasteiger partial charge in [-0.2, -0.15) is 0 Å². The molecular formula is C13H14O4. The Morgan fingerprint density at radius 3 is 2.76 bits per heavy atom. The molecule has 0 saturated carbocycles. The normalized spacial score (nSPS) is 21.9. The lowest BCUT2D eigenvalue weighted by Gasteiger charge is -2.22. The molecule has 1 aliphatic carbocycles. The third kappa shape index (κ3) is 1.60. The zero-order valence-electron chi connectivity index (χ0n) is 9.60. The molecule has 90 valence electrons. The number of hydrogen-bond donors (Lipinski definition) is 1. The van der Waals surface area contributed by atoms with Gasteiger partial charge in [-0.15, -0.1) is 0 Å². The largest absolute Gasteiger partial charge is 0.480 e. The Morgan fingerprint density at radius 1 is 1.41 bits per heavy atom. The van der Waals surface area contributed by atoms with E-state index >= 15 is 0 Å². The highest BCUT2D eigenvalue weighted by molar-refractivity contribution is 6.06. The highest BCUT2D eigenvalue weighted by Gasteiger charge is 2.53. The van der Waals surface area contributed by atoms with Crippen LogP contribution in [0.3, 0.4) is 0 Å². The summed E-state index contributed by atoms with van der Waals surface area (Å²) in [4.78, 5) is 23.5. The number of fused-ring (bicyclic) bond motifs is 1. The Hall–Kier alpha value is -1.84. The van der Waals surface area contributed by atoms with Gasteiger partial charge in [-0.3, -0.25) is 9.59 Å². The van der Waals surface area contributed by atoms with Crippen LogP contribution in [-0.4, -0.2) is 23.7 Å². The summed E-state index contributed by atoms with van der Waals surface area (Å²) in [6.45, 7) is 1.87. The molecule has 1 aromatic carbocycles. The molecule has 0 saturated heterocycles. The van der Waals surface area contributed by atoms with E-state index in [9.17, 15) is 14.7 Å². The third-order valence-corrected chi connectivity index (χ3v) is 3.24. The van der Waals surface area contributed by atoms with E-state index in [0.29, 0.717) is 12.0 Å². The maximum absolute atomic E-state index is 12.0. The Labute approximate surface area is 99.2 Å². The van der Waals surface area contributed by atoms with Crippen molar-refractivity contribution in [1.82, 2.24) is 0 Å². The van der Waals surface area contributed by atoms with Crippen LogP contribution >= 0.6 is 0 Å². The number of carbonyl (C=O) groups excluding carboxylic acids is 1. The van der Waals surface area contributed by atoms with Gasteiger partial charge in [-0.25, -0.2) is 0 Å². The van der Waals surface area contributed by atoms with E-state index < -0.39 is 17.4 Å². The maximum Gasteiger partial charge on any atom is 0.328 e. The van der Waals surface area contributed by atoms with E-state index in [1.165, 1.54) is 0 Å². The molecule has 1 N–H and O–H groups in total. The number of aliphatic carboxylic acids is 1. The van der Waals surface area contributed by atoms with Gasteiger partial charge >= 0.3 is 11.9 Å². The van der Waals surface area contributed by atoms with Crippen LogP contribution in [0, 0.1) is 0 Å². The second-order valence-electron chi connectivity index (χ2n) is 4.09. The lowest BCUT2D eigenvalue weighted by Crippen LogP contribution is -2.43. The monoisotopic (exact) mass is 234 g/mol. The van der Waals surface area contributed by atoms with Crippen molar-refractivity contribution in [2.24, 2.45) is 0 Å². The number of aryl methyl sites for hydroxylation is 1. The summed E-state index contributed by atoms with van der Waals surface area (Å²) in [5.74, 6) is -1.78. The number of carbonyl (C=O) groups is 2. The second kappa shape index (κ2) is 4.20. The van der Waals surface area contributed by atoms with Gasteiger partial charge in [-0.1, -0.05) is 24.3 Å². The lowest BCUT2D eigenvalue weighted by molar-refractivity contribution is -0.161. The summed E-state index contributed by atoms with van der Waals surface area (Å²) in [6.07, 6.45) is 0.877. The van der Waals surface area contributed by atoms with E-state index in [1.54, 1.807) is 19.1 Å². The molecule has 17 heavy (non-hydrogen) atoms. The van der Waals surface area contributed by atoms with Gasteiger partial charge < -0.3 is 9.84 Å². The molecule has 0 radical (unpaired) electrons. The average Bonchev–Trinajstić information content (AvgIpc) is 2.69. The van der Waals surface area contributed by atoms with Gasteiger partial charge in [-0.05, 0) is 30.9 Å². The second-order valence-corrected chi connectivity index (χ2v) is 4.09. The summed E-state index contributed by atoms with van der Waals surface area (Å²) in [5, 5.41) is 9.41. The molecule has 0 heterocycles. The van der Waals surface area contributed by atoms with Crippen LogP contribution < -0.4 is 0 Å². The molecule has 0 amide bonds. The highest BCUT2D eigenvalue weighted by atomic mass is 16.5. The predicted molar refractivity (Wildman–Crippen MR) is 60.7 cm³/mol. The standard InChI is InChI=1S/C13H14O4/c1-2-17-12(16)13(11(14)15)8-7-9-5-3-4-6-10(9)13/h3-6H,2,7-8H2,1H3,(H,14,15). The van der Waals surface area contributed by atoms with Crippen molar-refractivity contribution in [2.45, 2.75) is 25.2 Å². The molecule has 0 aromatic heterocycles. The first-order valence-electron chi connectivity index (χ1n) is 5.62. The molecule has 1 aliphatic rings. The fourth-order valence-corrected chi connectivity index (χ4v) is 2.39. The van der Waals surface area contributed by atoms with Crippen LogP contribution in [0.25, 0.3) is 0 Å². The molecule has 0 aliphatic heterocycles. The first-order valence-corrected chi connectivity index (χ1v) is 5.62. The van der Waals surface area contributed by atoms with E-state index in [4.69, 9.17) is 4.74 Å². The molecule has 0 fully saturated rings. The van der Waals surface area contributed by atoms with Crippen molar-refractivity contribution in [3.8, 4) is 0 Å². The molecule has 0 spiro atoms. The molecule has 1 aromatic rings. The maximum atomic E-state index is 12.0. The van der Waals surface area contributed by atoms with Gasteiger partial charge in [0.1, 0.15) is 0 Å². The predicted octanol–water partition coefficient (Wildman–Crippen LogP) is 1.52. The Balaban J connectivity index is 2.52. The minimum atomic E-state index is -1.51. The van der Waals surface area contributed by atoms with Crippen molar-refractivity contribution in [3.05, 3.63) is 35.4 Å². The van der Waals surface area contributed by atoms with E-state index in [1.807, 2.05) is 12.1 Å². The Morgan fingerprint density at radius 2 is 2.12 bits per heavy atom. The fraction of sp³-hybridized carbons (Fsp3) is 0.385. The topological polar surface area (TPSA) is 63.6 Å². The zero-order chi connectivity index (χ0) is 12.5. The fourth-order valence-electron chi connectivity index (χ4n) is 2.39. The summed E-state index contributed by atoms with van der Waals surface area (Å²) >= 11 is 0. The van der Waals surface area contributed by atoms with E-state index in [0.717, 1.165) is 5.56 Å². The minimum absolute atomic E-state index is 0.191. The van der Waals surface area contributed by atoms with Crippen LogP contribution in [0.2, 0.25) is 0 Å². The van der Waals surface area contributed by atoms with Gasteiger partial charge in [0.05, 0.1) is 6.61 Å². The van der Waals surface area contributed by atoms with Crippen molar-refractivity contribution < 1.29 is 19.4 Å². The molecule has 4 heteroatoms. The van der Waals surface area contributed by atoms with Crippen molar-refractivity contribution in [2.75, 3.05) is 6.61 Å². The van der Waals surface area contributed by atoms with Crippen LogP contribution in [0.15, 0.2) is 24.3 Å². The number of carboxylic acids is 1. The van der Waals surface area contributed by atoms with Gasteiger partial charge in [0.2, 0.25) is 0 Å². The minimum Gasteiger partial charge on any atom is -0.480 e. The summed E-state index contributed by atoms with van der Waals surface area (Å²) in [7, 11) is 0. The summed E-state index contributed by atoms with van der Waals surface area (Å²) in [5.41, 5.74) is -0.0130. The van der Waals surface area contributed by atoms with Gasteiger partial charge in [0, 0.05) is 0 Å². The van der Waals surface area contributed by atoms with Crippen LogP contribution in [-0.2, 0) is 26.2 Å². The number of rotatable bonds is 3. The molecule has 2 rings (SSSR count). The van der Waals surface area contributed by atoms with E-state index in [2.05, 4.69) is 0 Å².